The van der Waals surface area contributed by atoms with Gasteiger partial charge in [-0.05, 0) is 210 Å². The second-order valence-corrected chi connectivity index (χ2v) is 30.5. The van der Waals surface area contributed by atoms with Gasteiger partial charge >= 0.3 is 0 Å². The van der Waals surface area contributed by atoms with Crippen molar-refractivity contribution >= 4 is 78.0 Å². The maximum absolute atomic E-state index is 2.75. The SMILES string of the molecule is Cc1ccc(-c2ccccc2)c(-c2cc3c4c(c2)N(c2ccc(C(C)(C)C)cc2)c2c(sc5cc6c(cc25)C(C)(C)CCC6(C)C)B4c2cc4c(cc2N3c2ccc3c(c2)C(C)(C)CCC3(C)C)C(C)(C)CCC4(C)C)c1. The van der Waals surface area contributed by atoms with Crippen molar-refractivity contribution in [1.29, 1.82) is 0 Å². The largest absolute Gasteiger partial charge is 0.311 e. The third-order valence-electron chi connectivity index (χ3n) is 20.3. The Labute approximate surface area is 466 Å². The molecule has 77 heavy (non-hydrogen) atoms. The molecule has 392 valence electrons. The molecule has 3 heterocycles. The van der Waals surface area contributed by atoms with Crippen LogP contribution in [-0.2, 0) is 37.9 Å². The standard InChI is InChI=1S/C73H81BN2S/c1-44-22-28-50(45-20-18-17-19-21-45)51(36-44)46-37-61-64-62(38-46)76(48-25-23-47(24-26-48)67(2,3)4)65-52-40-55-58(73(15,16)35-32-70(55,9)10)43-63(52)77-66(65)74(64)59-41-56-57(72(13,14)34-33-71(56,11)12)42-60(59)75(61)49-27-29-53-54(39-49)69(7,8)31-30-68(53,5)6/h17-29,36-43H,30-35H2,1-16H3. The average Bonchev–Trinajstić information content (AvgIpc) is 3.93. The maximum atomic E-state index is 2.75. The minimum Gasteiger partial charge on any atom is -0.311 e. The van der Waals surface area contributed by atoms with E-state index in [9.17, 15) is 0 Å². The maximum Gasteiger partial charge on any atom is 0.264 e. The Morgan fingerprint density at radius 1 is 0.442 bits per heavy atom. The summed E-state index contributed by atoms with van der Waals surface area (Å²) >= 11 is 2.08. The van der Waals surface area contributed by atoms with E-state index in [2.05, 4.69) is 259 Å². The molecule has 0 fully saturated rings. The predicted molar refractivity (Wildman–Crippen MR) is 336 cm³/mol. The van der Waals surface area contributed by atoms with Gasteiger partial charge in [-0.3, -0.25) is 0 Å². The summed E-state index contributed by atoms with van der Waals surface area (Å²) < 4.78 is 2.86. The lowest BCUT2D eigenvalue weighted by atomic mass is 9.35. The van der Waals surface area contributed by atoms with Crippen LogP contribution >= 0.6 is 11.3 Å². The topological polar surface area (TPSA) is 6.48 Å². The third-order valence-corrected chi connectivity index (χ3v) is 21.5. The monoisotopic (exact) mass is 1030 g/mol. The molecule has 0 atom stereocenters. The molecule has 3 aliphatic carbocycles. The summed E-state index contributed by atoms with van der Waals surface area (Å²) in [7, 11) is 0. The number of aryl methyl sites for hydroxylation is 1. The van der Waals surface area contributed by atoms with Gasteiger partial charge in [-0.15, -0.1) is 11.3 Å². The molecule has 2 aliphatic heterocycles. The molecule has 0 bridgehead atoms. The van der Waals surface area contributed by atoms with E-state index in [0.29, 0.717) is 0 Å². The summed E-state index contributed by atoms with van der Waals surface area (Å²) in [5.74, 6) is 0. The first-order chi connectivity index (χ1) is 36.2. The zero-order chi connectivity index (χ0) is 54.3. The lowest BCUT2D eigenvalue weighted by molar-refractivity contribution is 0.332. The molecule has 0 radical (unpaired) electrons. The van der Waals surface area contributed by atoms with Crippen LogP contribution in [0.4, 0.5) is 34.1 Å². The van der Waals surface area contributed by atoms with Gasteiger partial charge in [0.05, 0.1) is 5.69 Å². The fraction of sp³-hybridized carbons (Fsp3) is 0.397. The number of thiophene rings is 1. The molecule has 0 saturated carbocycles. The molecule has 0 unspecified atom stereocenters. The molecule has 8 aromatic rings. The van der Waals surface area contributed by atoms with E-state index in [1.807, 2.05) is 0 Å². The van der Waals surface area contributed by atoms with Crippen LogP contribution in [0.2, 0.25) is 0 Å². The van der Waals surface area contributed by atoms with E-state index in [4.69, 9.17) is 0 Å². The molecule has 4 heteroatoms. The van der Waals surface area contributed by atoms with Crippen molar-refractivity contribution < 1.29 is 0 Å². The minimum atomic E-state index is 0.0149. The number of hydrogen-bond donors (Lipinski definition) is 0. The van der Waals surface area contributed by atoms with Gasteiger partial charge in [0.25, 0.3) is 6.71 Å². The predicted octanol–water partition coefficient (Wildman–Crippen LogP) is 19.0. The first-order valence-corrected chi connectivity index (χ1v) is 30.0. The molecule has 2 nitrogen and oxygen atoms in total. The Morgan fingerprint density at radius 2 is 0.961 bits per heavy atom. The van der Waals surface area contributed by atoms with Crippen LogP contribution in [0.3, 0.4) is 0 Å². The van der Waals surface area contributed by atoms with Crippen LogP contribution < -0.4 is 25.5 Å². The van der Waals surface area contributed by atoms with E-state index in [1.54, 1.807) is 0 Å². The smallest absolute Gasteiger partial charge is 0.264 e. The first-order valence-electron chi connectivity index (χ1n) is 29.2. The number of benzene rings is 7. The summed E-state index contributed by atoms with van der Waals surface area (Å²) in [6, 6.07) is 51.5. The highest BCUT2D eigenvalue weighted by Gasteiger charge is 2.49. The summed E-state index contributed by atoms with van der Waals surface area (Å²) in [5, 5.41) is 1.38. The summed E-state index contributed by atoms with van der Waals surface area (Å²) in [6.45, 7) is 39.2. The summed E-state index contributed by atoms with van der Waals surface area (Å²) in [4.78, 5) is 5.49. The van der Waals surface area contributed by atoms with E-state index in [-0.39, 0.29) is 44.6 Å². The van der Waals surface area contributed by atoms with Crippen LogP contribution in [0.15, 0.2) is 127 Å². The van der Waals surface area contributed by atoms with Gasteiger partial charge < -0.3 is 9.80 Å². The molecule has 0 N–H and O–H groups in total. The first kappa shape index (κ1) is 50.7. The van der Waals surface area contributed by atoms with Crippen LogP contribution in [-0.4, -0.2) is 6.71 Å². The zero-order valence-electron chi connectivity index (χ0n) is 49.2. The van der Waals surface area contributed by atoms with Gasteiger partial charge in [0, 0.05) is 43.3 Å². The minimum absolute atomic E-state index is 0.0149. The fourth-order valence-electron chi connectivity index (χ4n) is 14.9. The number of anilines is 6. The highest BCUT2D eigenvalue weighted by Crippen LogP contribution is 2.56. The molecule has 5 aliphatic rings. The van der Waals surface area contributed by atoms with E-state index < -0.39 is 0 Å². The Bertz CT molecular complexity index is 3760. The molecular weight excluding hydrogens is 948 g/mol. The fourth-order valence-corrected chi connectivity index (χ4v) is 16.2. The van der Waals surface area contributed by atoms with E-state index in [1.165, 1.54) is 165 Å². The zero-order valence-corrected chi connectivity index (χ0v) is 50.1. The van der Waals surface area contributed by atoms with Crippen molar-refractivity contribution in [3.63, 3.8) is 0 Å². The quantitative estimate of drug-likeness (QED) is 0.162. The second-order valence-electron chi connectivity index (χ2n) is 29.4. The number of fused-ring (bicyclic) bond motifs is 9. The van der Waals surface area contributed by atoms with Crippen LogP contribution in [0.25, 0.3) is 32.3 Å². The van der Waals surface area contributed by atoms with Crippen molar-refractivity contribution in [2.45, 2.75) is 187 Å². The molecular formula is C73H81BN2S. The Morgan fingerprint density at radius 3 is 1.56 bits per heavy atom. The Kier molecular flexibility index (Phi) is 10.9. The summed E-state index contributed by atoms with van der Waals surface area (Å²) in [6.07, 6.45) is 7.07. The van der Waals surface area contributed by atoms with Crippen LogP contribution in [0, 0.1) is 6.92 Å². The normalized spacial score (nSPS) is 19.7. The Hall–Kier alpha value is -5.84. The number of rotatable bonds is 4. The second kappa shape index (κ2) is 16.6. The molecule has 0 spiro atoms. The van der Waals surface area contributed by atoms with E-state index >= 15 is 0 Å². The highest BCUT2D eigenvalue weighted by atomic mass is 32.1. The average molecular weight is 1030 g/mol. The lowest BCUT2D eigenvalue weighted by Gasteiger charge is -2.47. The summed E-state index contributed by atoms with van der Waals surface area (Å²) in [5.41, 5.74) is 27.6. The van der Waals surface area contributed by atoms with Crippen LogP contribution in [0.5, 0.6) is 0 Å². The van der Waals surface area contributed by atoms with Crippen molar-refractivity contribution in [3.05, 3.63) is 172 Å². The van der Waals surface area contributed by atoms with Gasteiger partial charge in [-0.2, -0.15) is 0 Å². The molecule has 0 amide bonds. The molecule has 13 rings (SSSR count). The van der Waals surface area contributed by atoms with Gasteiger partial charge in [-0.1, -0.05) is 182 Å². The highest BCUT2D eigenvalue weighted by molar-refractivity contribution is 7.33. The van der Waals surface area contributed by atoms with Crippen LogP contribution in [0.1, 0.15) is 187 Å². The van der Waals surface area contributed by atoms with Gasteiger partial charge in [0.2, 0.25) is 0 Å². The van der Waals surface area contributed by atoms with Crippen molar-refractivity contribution in [2.24, 2.45) is 0 Å². The van der Waals surface area contributed by atoms with E-state index in [0.717, 1.165) is 0 Å². The van der Waals surface area contributed by atoms with Gasteiger partial charge in [0.15, 0.2) is 0 Å². The third kappa shape index (κ3) is 7.75. The lowest BCUT2D eigenvalue weighted by Crippen LogP contribution is -2.61. The molecule has 7 aromatic carbocycles. The molecule has 1 aromatic heterocycles. The van der Waals surface area contributed by atoms with Gasteiger partial charge in [0.1, 0.15) is 0 Å². The van der Waals surface area contributed by atoms with Crippen molar-refractivity contribution in [1.82, 2.24) is 0 Å². The Balaban J connectivity index is 1.21. The van der Waals surface area contributed by atoms with Crippen molar-refractivity contribution in [3.8, 4) is 22.3 Å². The number of hydrogen-bond acceptors (Lipinski definition) is 3. The van der Waals surface area contributed by atoms with Crippen molar-refractivity contribution in [2.75, 3.05) is 9.80 Å². The molecule has 0 saturated heterocycles. The van der Waals surface area contributed by atoms with Gasteiger partial charge in [-0.25, -0.2) is 0 Å². The number of nitrogens with zero attached hydrogens (tertiary/aromatic N) is 2.